The number of ketones is 1. The summed E-state index contributed by atoms with van der Waals surface area (Å²) in [5.74, 6) is 0.00249. The van der Waals surface area contributed by atoms with Crippen molar-refractivity contribution in [1.29, 1.82) is 0 Å². The lowest BCUT2D eigenvalue weighted by molar-refractivity contribution is -0.125. The van der Waals surface area contributed by atoms with Crippen LogP contribution in [0.3, 0.4) is 0 Å². The highest BCUT2D eigenvalue weighted by Gasteiger charge is 2.30. The summed E-state index contributed by atoms with van der Waals surface area (Å²) in [5.41, 5.74) is 1.58. The molecular weight excluding hydrogens is 269 g/mol. The molecule has 20 heavy (non-hydrogen) atoms. The second-order valence-corrected chi connectivity index (χ2v) is 5.03. The highest BCUT2D eigenvalue weighted by molar-refractivity contribution is 5.94. The Hall–Kier alpha value is -1.56. The molecule has 1 fully saturated rings. The second kappa shape index (κ2) is 5.83. The Kier molecular flexibility index (Phi) is 4.32. The number of Topliss-reactive ketones (excluding diaryl/α,β-unsaturated/α-hetero) is 1. The Balaban J connectivity index is 1.90. The Morgan fingerprint density at radius 2 is 2.00 bits per heavy atom. The number of alkyl halides is 3. The minimum Gasteiger partial charge on any atom is -0.370 e. The van der Waals surface area contributed by atoms with Crippen LogP contribution in [-0.4, -0.2) is 37.6 Å². The van der Waals surface area contributed by atoms with E-state index >= 15 is 0 Å². The van der Waals surface area contributed by atoms with E-state index in [0.717, 1.165) is 12.2 Å². The minimum absolute atomic E-state index is 0.00249. The maximum atomic E-state index is 12.1. The topological polar surface area (TPSA) is 32.3 Å². The van der Waals surface area contributed by atoms with Crippen LogP contribution in [0.25, 0.3) is 0 Å². The molecule has 2 rings (SSSR count). The lowest BCUT2D eigenvalue weighted by atomic mass is 10.1. The van der Waals surface area contributed by atoms with Crippen molar-refractivity contribution >= 4 is 11.5 Å². The molecule has 0 amide bonds. The van der Waals surface area contributed by atoms with Gasteiger partial charge in [0.2, 0.25) is 0 Å². The maximum Gasteiger partial charge on any atom is 0.401 e. The molecule has 0 aromatic heterocycles. The number of rotatable bonds is 4. The van der Waals surface area contributed by atoms with Crippen molar-refractivity contribution in [2.75, 3.05) is 24.5 Å². The first-order valence-corrected chi connectivity index (χ1v) is 6.51. The van der Waals surface area contributed by atoms with E-state index in [2.05, 4.69) is 5.32 Å². The van der Waals surface area contributed by atoms with E-state index in [0.29, 0.717) is 18.5 Å². The number of nitrogens with zero attached hydrogens (tertiary/aromatic N) is 1. The molecule has 1 aliphatic rings. The molecule has 6 heteroatoms. The quantitative estimate of drug-likeness (QED) is 0.864. The number of anilines is 1. The van der Waals surface area contributed by atoms with Crippen LogP contribution in [0.5, 0.6) is 0 Å². The first-order valence-electron chi connectivity index (χ1n) is 6.51. The third-order valence-corrected chi connectivity index (χ3v) is 3.42. The average Bonchev–Trinajstić information content (AvgIpc) is 2.84. The molecule has 1 unspecified atom stereocenters. The standard InChI is InChI=1S/C14H17F3N2O/c1-10(20)11-2-4-13(5-3-11)19-7-6-12(8-19)18-9-14(15,16)17/h2-5,12,18H,6-9H2,1H3. The van der Waals surface area contributed by atoms with Crippen molar-refractivity contribution in [2.45, 2.75) is 25.6 Å². The van der Waals surface area contributed by atoms with Crippen LogP contribution >= 0.6 is 0 Å². The van der Waals surface area contributed by atoms with Gasteiger partial charge in [-0.3, -0.25) is 4.79 Å². The van der Waals surface area contributed by atoms with Crippen molar-refractivity contribution < 1.29 is 18.0 Å². The van der Waals surface area contributed by atoms with Crippen molar-refractivity contribution in [3.05, 3.63) is 29.8 Å². The average molecular weight is 286 g/mol. The summed E-state index contributed by atoms with van der Waals surface area (Å²) in [4.78, 5) is 13.2. The molecule has 1 heterocycles. The number of hydrogen-bond donors (Lipinski definition) is 1. The molecule has 1 saturated heterocycles. The van der Waals surface area contributed by atoms with Gasteiger partial charge in [-0.15, -0.1) is 0 Å². The highest BCUT2D eigenvalue weighted by atomic mass is 19.4. The monoisotopic (exact) mass is 286 g/mol. The van der Waals surface area contributed by atoms with Crippen molar-refractivity contribution in [3.8, 4) is 0 Å². The van der Waals surface area contributed by atoms with E-state index in [1.165, 1.54) is 6.92 Å². The molecule has 1 atom stereocenters. The highest BCUT2D eigenvalue weighted by Crippen LogP contribution is 2.22. The van der Waals surface area contributed by atoms with Gasteiger partial charge in [-0.25, -0.2) is 0 Å². The smallest absolute Gasteiger partial charge is 0.370 e. The van der Waals surface area contributed by atoms with E-state index in [9.17, 15) is 18.0 Å². The molecule has 1 aromatic rings. The van der Waals surface area contributed by atoms with E-state index in [1.807, 2.05) is 17.0 Å². The fourth-order valence-electron chi connectivity index (χ4n) is 2.33. The Bertz CT molecular complexity index is 470. The molecule has 0 aliphatic carbocycles. The summed E-state index contributed by atoms with van der Waals surface area (Å²) in [5, 5.41) is 2.53. The van der Waals surface area contributed by atoms with Crippen molar-refractivity contribution in [2.24, 2.45) is 0 Å². The molecule has 0 radical (unpaired) electrons. The van der Waals surface area contributed by atoms with Crippen LogP contribution in [0.4, 0.5) is 18.9 Å². The van der Waals surface area contributed by atoms with Crippen LogP contribution < -0.4 is 10.2 Å². The van der Waals surface area contributed by atoms with E-state index in [1.54, 1.807) is 12.1 Å². The largest absolute Gasteiger partial charge is 0.401 e. The molecule has 0 saturated carbocycles. The van der Waals surface area contributed by atoms with E-state index < -0.39 is 12.7 Å². The zero-order valence-corrected chi connectivity index (χ0v) is 11.2. The molecule has 0 bridgehead atoms. The Labute approximate surface area is 115 Å². The Morgan fingerprint density at radius 1 is 1.35 bits per heavy atom. The third-order valence-electron chi connectivity index (χ3n) is 3.42. The molecule has 3 nitrogen and oxygen atoms in total. The number of hydrogen-bond acceptors (Lipinski definition) is 3. The first kappa shape index (κ1) is 14.8. The van der Waals surface area contributed by atoms with Gasteiger partial charge < -0.3 is 10.2 Å². The summed E-state index contributed by atoms with van der Waals surface area (Å²) in [6, 6.07) is 7.01. The summed E-state index contributed by atoms with van der Waals surface area (Å²) in [7, 11) is 0. The number of carbonyl (C=O) groups is 1. The number of nitrogens with one attached hydrogen (secondary N) is 1. The predicted octanol–water partition coefficient (Wildman–Crippen LogP) is 2.62. The van der Waals surface area contributed by atoms with Gasteiger partial charge in [-0.2, -0.15) is 13.2 Å². The maximum absolute atomic E-state index is 12.1. The second-order valence-electron chi connectivity index (χ2n) is 5.03. The molecular formula is C14H17F3N2O. The number of carbonyl (C=O) groups excluding carboxylic acids is 1. The minimum atomic E-state index is -4.17. The van der Waals surface area contributed by atoms with Crippen molar-refractivity contribution in [1.82, 2.24) is 5.32 Å². The fraction of sp³-hybridized carbons (Fsp3) is 0.500. The molecule has 0 spiro atoms. The summed E-state index contributed by atoms with van der Waals surface area (Å²) in [6.45, 7) is 1.82. The van der Waals surface area contributed by atoms with E-state index in [4.69, 9.17) is 0 Å². The zero-order chi connectivity index (χ0) is 14.8. The van der Waals surface area contributed by atoms with Gasteiger partial charge in [0.05, 0.1) is 6.54 Å². The van der Waals surface area contributed by atoms with Gasteiger partial charge >= 0.3 is 6.18 Å². The van der Waals surface area contributed by atoms with Crippen LogP contribution in [0.2, 0.25) is 0 Å². The van der Waals surface area contributed by atoms with Gasteiger partial charge in [0.25, 0.3) is 0 Å². The van der Waals surface area contributed by atoms with Crippen LogP contribution in [0.15, 0.2) is 24.3 Å². The number of halogens is 3. The zero-order valence-electron chi connectivity index (χ0n) is 11.2. The Morgan fingerprint density at radius 3 is 2.55 bits per heavy atom. The van der Waals surface area contributed by atoms with Gasteiger partial charge in [-0.05, 0) is 37.6 Å². The molecule has 1 aromatic carbocycles. The van der Waals surface area contributed by atoms with Crippen LogP contribution in [0, 0.1) is 0 Å². The number of benzene rings is 1. The van der Waals surface area contributed by atoms with Gasteiger partial charge in [-0.1, -0.05) is 0 Å². The van der Waals surface area contributed by atoms with Gasteiger partial charge in [0.15, 0.2) is 5.78 Å². The van der Waals surface area contributed by atoms with E-state index in [-0.39, 0.29) is 11.8 Å². The SMILES string of the molecule is CC(=O)c1ccc(N2CCC(NCC(F)(F)F)C2)cc1. The summed E-state index contributed by atoms with van der Waals surface area (Å²) < 4.78 is 36.4. The molecule has 110 valence electrons. The lowest BCUT2D eigenvalue weighted by Crippen LogP contribution is -2.38. The lowest BCUT2D eigenvalue weighted by Gasteiger charge is -2.19. The normalized spacial score (nSPS) is 19.4. The summed E-state index contributed by atoms with van der Waals surface area (Å²) >= 11 is 0. The van der Waals surface area contributed by atoms with Gasteiger partial charge in [0.1, 0.15) is 0 Å². The van der Waals surface area contributed by atoms with Crippen LogP contribution in [-0.2, 0) is 0 Å². The molecule has 1 N–H and O–H groups in total. The first-order chi connectivity index (χ1) is 9.35. The fourth-order valence-corrected chi connectivity index (χ4v) is 2.33. The van der Waals surface area contributed by atoms with Crippen molar-refractivity contribution in [3.63, 3.8) is 0 Å². The van der Waals surface area contributed by atoms with Crippen LogP contribution in [0.1, 0.15) is 23.7 Å². The van der Waals surface area contributed by atoms with Gasteiger partial charge in [0, 0.05) is 30.4 Å². The predicted molar refractivity (Wildman–Crippen MR) is 71.1 cm³/mol. The summed E-state index contributed by atoms with van der Waals surface area (Å²) in [6.07, 6.45) is -3.49. The third kappa shape index (κ3) is 3.96. The molecule has 1 aliphatic heterocycles.